The second-order valence-electron chi connectivity index (χ2n) is 8.51. The lowest BCUT2D eigenvalue weighted by Gasteiger charge is -2.35. The van der Waals surface area contributed by atoms with Crippen molar-refractivity contribution in [2.24, 2.45) is 11.7 Å². The Morgan fingerprint density at radius 3 is 2.52 bits per heavy atom. The van der Waals surface area contributed by atoms with Gasteiger partial charge < -0.3 is 19.8 Å². The van der Waals surface area contributed by atoms with Gasteiger partial charge in [-0.3, -0.25) is 10.1 Å². The Morgan fingerprint density at radius 2 is 1.93 bits per heavy atom. The predicted octanol–water partition coefficient (Wildman–Crippen LogP) is 3.53. The first-order valence-corrected chi connectivity index (χ1v) is 9.78. The normalized spacial score (nSPS) is 20.2. The maximum Gasteiger partial charge on any atom is 0.409 e. The van der Waals surface area contributed by atoms with Crippen molar-refractivity contribution in [3.63, 3.8) is 0 Å². The van der Waals surface area contributed by atoms with Gasteiger partial charge in [0.15, 0.2) is 5.66 Å². The van der Waals surface area contributed by atoms with Crippen molar-refractivity contribution in [2.75, 3.05) is 6.54 Å². The van der Waals surface area contributed by atoms with Gasteiger partial charge in [-0.2, -0.15) is 0 Å². The molecule has 7 nitrogen and oxygen atoms in total. The van der Waals surface area contributed by atoms with Gasteiger partial charge in [0.1, 0.15) is 11.4 Å². The lowest BCUT2D eigenvalue weighted by atomic mass is 9.89. The summed E-state index contributed by atoms with van der Waals surface area (Å²) in [5.41, 5.74) is 5.67. The maximum atomic E-state index is 12.8. The number of ether oxygens (including phenoxy) is 1. The van der Waals surface area contributed by atoms with Crippen LogP contribution in [0.4, 0.5) is 4.79 Å². The minimum Gasteiger partial charge on any atom is -0.465 e. The van der Waals surface area contributed by atoms with Crippen LogP contribution in [0.5, 0.6) is 0 Å². The Balaban J connectivity index is 1.84. The minimum atomic E-state index is -1.37. The summed E-state index contributed by atoms with van der Waals surface area (Å²) in [6.45, 7) is 7.71. The van der Waals surface area contributed by atoms with E-state index in [0.29, 0.717) is 12.3 Å². The molecular formula is C22H29N3O4. The third-order valence-corrected chi connectivity index (χ3v) is 5.19. The van der Waals surface area contributed by atoms with Gasteiger partial charge in [0, 0.05) is 18.9 Å². The van der Waals surface area contributed by atoms with Crippen molar-refractivity contribution in [2.45, 2.75) is 51.4 Å². The van der Waals surface area contributed by atoms with Crippen molar-refractivity contribution in [3.8, 4) is 0 Å². The number of carbonyl (C=O) groups excluding carboxylic acids is 2. The molecule has 156 valence electrons. The molecule has 0 saturated carbocycles. The highest BCUT2D eigenvalue weighted by molar-refractivity contribution is 5.80. The minimum absolute atomic E-state index is 0.0151. The first-order valence-electron chi connectivity index (χ1n) is 9.78. The Kier molecular flexibility index (Phi) is 5.71. The van der Waals surface area contributed by atoms with E-state index in [4.69, 9.17) is 14.9 Å². The van der Waals surface area contributed by atoms with Crippen LogP contribution in [0.1, 0.15) is 51.5 Å². The molecule has 1 saturated heterocycles. The standard InChI is InChI=1S/C22H29N3O4/c1-15(16-9-6-5-7-10-16)25-14-17(13-19(25)26)22(23,18-11-8-12-28-18)24-20(27)29-21(2,3)4/h5-12,15,17H,13-14,23H2,1-4H3,(H,24,27)/t15-,17-,22?/m1/s1. The molecule has 1 fully saturated rings. The molecule has 3 atom stereocenters. The van der Waals surface area contributed by atoms with E-state index in [9.17, 15) is 9.59 Å². The summed E-state index contributed by atoms with van der Waals surface area (Å²) in [6.07, 6.45) is 1.04. The van der Waals surface area contributed by atoms with Crippen molar-refractivity contribution >= 4 is 12.0 Å². The number of furan rings is 1. The topological polar surface area (TPSA) is 97.8 Å². The van der Waals surface area contributed by atoms with Crippen LogP contribution in [0.3, 0.4) is 0 Å². The number of amides is 2. The van der Waals surface area contributed by atoms with Crippen molar-refractivity contribution in [1.29, 1.82) is 0 Å². The average molecular weight is 399 g/mol. The number of nitrogens with two attached hydrogens (primary N) is 1. The summed E-state index contributed by atoms with van der Waals surface area (Å²) >= 11 is 0. The van der Waals surface area contributed by atoms with Crippen LogP contribution < -0.4 is 11.1 Å². The van der Waals surface area contributed by atoms with E-state index in [1.54, 1.807) is 37.8 Å². The molecule has 2 aromatic rings. The number of nitrogens with one attached hydrogen (secondary N) is 1. The Bertz CT molecular complexity index is 845. The molecule has 1 aromatic carbocycles. The molecule has 0 aliphatic carbocycles. The van der Waals surface area contributed by atoms with Crippen LogP contribution in [0, 0.1) is 5.92 Å². The fourth-order valence-corrected chi connectivity index (χ4v) is 3.67. The van der Waals surface area contributed by atoms with E-state index >= 15 is 0 Å². The van der Waals surface area contributed by atoms with Gasteiger partial charge in [-0.25, -0.2) is 4.79 Å². The van der Waals surface area contributed by atoms with Gasteiger partial charge in [0.25, 0.3) is 0 Å². The molecule has 1 aromatic heterocycles. The van der Waals surface area contributed by atoms with Gasteiger partial charge in [0.2, 0.25) is 5.91 Å². The van der Waals surface area contributed by atoms with Crippen LogP contribution in [0.15, 0.2) is 53.1 Å². The first kappa shape index (κ1) is 20.9. The van der Waals surface area contributed by atoms with Gasteiger partial charge in [-0.1, -0.05) is 30.3 Å². The summed E-state index contributed by atoms with van der Waals surface area (Å²) < 4.78 is 10.9. The number of alkyl carbamates (subject to hydrolysis) is 1. The summed E-state index contributed by atoms with van der Waals surface area (Å²) in [6, 6.07) is 13.1. The quantitative estimate of drug-likeness (QED) is 0.750. The van der Waals surface area contributed by atoms with Gasteiger partial charge in [-0.05, 0) is 45.4 Å². The third kappa shape index (κ3) is 4.62. The zero-order valence-corrected chi connectivity index (χ0v) is 17.3. The highest BCUT2D eigenvalue weighted by atomic mass is 16.6. The first-order chi connectivity index (χ1) is 13.6. The van der Waals surface area contributed by atoms with Crippen LogP contribution in [0.2, 0.25) is 0 Å². The SMILES string of the molecule is C[C@H](c1ccccc1)N1C[C@H](C(N)(NC(=O)OC(C)(C)C)c2ccco2)CC1=O. The molecular weight excluding hydrogens is 370 g/mol. The zero-order valence-electron chi connectivity index (χ0n) is 17.3. The van der Waals surface area contributed by atoms with E-state index in [-0.39, 0.29) is 24.3 Å². The predicted molar refractivity (Wildman–Crippen MR) is 109 cm³/mol. The second-order valence-corrected chi connectivity index (χ2v) is 8.51. The fourth-order valence-electron chi connectivity index (χ4n) is 3.67. The van der Waals surface area contributed by atoms with Crippen LogP contribution in [-0.2, 0) is 15.2 Å². The maximum absolute atomic E-state index is 12.8. The number of likely N-dealkylation sites (tertiary alicyclic amines) is 1. The summed E-state index contributed by atoms with van der Waals surface area (Å²) in [5, 5.41) is 2.76. The van der Waals surface area contributed by atoms with Crippen LogP contribution in [0.25, 0.3) is 0 Å². The Labute approximate surface area is 171 Å². The summed E-state index contributed by atoms with van der Waals surface area (Å²) in [7, 11) is 0. The summed E-state index contributed by atoms with van der Waals surface area (Å²) in [5.74, 6) is -0.00562. The van der Waals surface area contributed by atoms with Gasteiger partial charge in [0.05, 0.1) is 12.3 Å². The third-order valence-electron chi connectivity index (χ3n) is 5.19. The van der Waals surface area contributed by atoms with Gasteiger partial charge >= 0.3 is 6.09 Å². The molecule has 3 N–H and O–H groups in total. The molecule has 0 spiro atoms. The lowest BCUT2D eigenvalue weighted by Crippen LogP contribution is -2.59. The van der Waals surface area contributed by atoms with E-state index in [1.165, 1.54) is 6.26 Å². The van der Waals surface area contributed by atoms with E-state index in [0.717, 1.165) is 5.56 Å². The molecule has 29 heavy (non-hydrogen) atoms. The van der Waals surface area contributed by atoms with Crippen molar-refractivity contribution < 1.29 is 18.7 Å². The number of hydrogen-bond donors (Lipinski definition) is 2. The molecule has 0 radical (unpaired) electrons. The Morgan fingerprint density at radius 1 is 1.24 bits per heavy atom. The van der Waals surface area contributed by atoms with E-state index in [1.807, 2.05) is 37.3 Å². The molecule has 2 heterocycles. The fraction of sp³-hybridized carbons (Fsp3) is 0.455. The van der Waals surface area contributed by atoms with Crippen LogP contribution >= 0.6 is 0 Å². The molecule has 3 rings (SSSR count). The smallest absolute Gasteiger partial charge is 0.409 e. The average Bonchev–Trinajstić information content (AvgIpc) is 3.30. The Hall–Kier alpha value is -2.80. The molecule has 1 aliphatic heterocycles. The molecule has 7 heteroatoms. The number of rotatable bonds is 5. The molecule has 1 aliphatic rings. The van der Waals surface area contributed by atoms with E-state index < -0.39 is 17.4 Å². The monoisotopic (exact) mass is 399 g/mol. The van der Waals surface area contributed by atoms with Gasteiger partial charge in [-0.15, -0.1) is 0 Å². The van der Waals surface area contributed by atoms with Crippen molar-refractivity contribution in [3.05, 3.63) is 60.1 Å². The van der Waals surface area contributed by atoms with Crippen LogP contribution in [-0.4, -0.2) is 29.0 Å². The van der Waals surface area contributed by atoms with Crippen molar-refractivity contribution in [1.82, 2.24) is 10.2 Å². The number of carbonyl (C=O) groups is 2. The van der Waals surface area contributed by atoms with E-state index in [2.05, 4.69) is 5.32 Å². The molecule has 0 bridgehead atoms. The lowest BCUT2D eigenvalue weighted by molar-refractivity contribution is -0.129. The highest BCUT2D eigenvalue weighted by Crippen LogP contribution is 2.37. The summed E-state index contributed by atoms with van der Waals surface area (Å²) in [4.78, 5) is 27.1. The second kappa shape index (κ2) is 7.91. The number of hydrogen-bond acceptors (Lipinski definition) is 5. The molecule has 1 unspecified atom stereocenters. The highest BCUT2D eigenvalue weighted by Gasteiger charge is 2.48. The number of nitrogens with zero attached hydrogens (tertiary/aromatic N) is 1. The molecule has 2 amide bonds. The largest absolute Gasteiger partial charge is 0.465 e. The zero-order chi connectivity index (χ0) is 21.2. The number of benzene rings is 1.